The third-order valence-corrected chi connectivity index (χ3v) is 3.36. The van der Waals surface area contributed by atoms with Gasteiger partial charge < -0.3 is 4.84 Å². The molecule has 0 N–H and O–H groups in total. The van der Waals surface area contributed by atoms with Gasteiger partial charge in [0.25, 0.3) is 0 Å². The van der Waals surface area contributed by atoms with E-state index < -0.39 is 0 Å². The molecule has 1 heterocycles. The van der Waals surface area contributed by atoms with Crippen molar-refractivity contribution in [2.75, 3.05) is 0 Å². The molecule has 0 spiro atoms. The lowest BCUT2D eigenvalue weighted by atomic mass is 10.1. The average Bonchev–Trinajstić information content (AvgIpc) is 2.42. The molecule has 0 saturated carbocycles. The third-order valence-electron chi connectivity index (χ3n) is 2.94. The van der Waals surface area contributed by atoms with Crippen LogP contribution in [-0.4, -0.2) is 10.7 Å². The number of aryl methyl sites for hydroxylation is 2. The van der Waals surface area contributed by atoms with E-state index >= 15 is 0 Å². The number of pyridine rings is 1. The number of rotatable bonds is 4. The molecule has 1 aromatic carbocycles. The van der Waals surface area contributed by atoms with E-state index in [-0.39, 0.29) is 0 Å². The first-order valence-electron chi connectivity index (χ1n) is 6.42. The van der Waals surface area contributed by atoms with Crippen LogP contribution in [-0.2, 0) is 11.4 Å². The van der Waals surface area contributed by atoms with Crippen molar-refractivity contribution in [3.05, 3.63) is 63.9 Å². The molecule has 0 aliphatic carbocycles. The Labute approximate surface area is 124 Å². The number of aromatic nitrogens is 1. The van der Waals surface area contributed by atoms with Crippen molar-refractivity contribution in [1.29, 1.82) is 0 Å². The van der Waals surface area contributed by atoms with Crippen molar-refractivity contribution >= 4 is 17.3 Å². The van der Waals surface area contributed by atoms with E-state index in [0.29, 0.717) is 6.61 Å². The van der Waals surface area contributed by atoms with Gasteiger partial charge in [-0.25, -0.2) is 0 Å². The SMILES string of the molecule is C/C(=N/OCc1cccc(C)n1)c1ccc(Cl)c(C)c1. The van der Waals surface area contributed by atoms with Gasteiger partial charge in [-0.2, -0.15) is 0 Å². The van der Waals surface area contributed by atoms with E-state index in [1.54, 1.807) is 0 Å². The first-order chi connectivity index (χ1) is 9.56. The Bertz CT molecular complexity index is 638. The lowest BCUT2D eigenvalue weighted by molar-refractivity contribution is 0.127. The number of hydrogen-bond donors (Lipinski definition) is 0. The first kappa shape index (κ1) is 14.5. The molecule has 0 radical (unpaired) electrons. The van der Waals surface area contributed by atoms with E-state index in [2.05, 4.69) is 10.1 Å². The summed E-state index contributed by atoms with van der Waals surface area (Å²) in [5.74, 6) is 0. The fraction of sp³-hybridized carbons (Fsp3) is 0.250. The van der Waals surface area contributed by atoms with E-state index in [1.165, 1.54) is 0 Å². The molecule has 104 valence electrons. The highest BCUT2D eigenvalue weighted by Crippen LogP contribution is 2.17. The summed E-state index contributed by atoms with van der Waals surface area (Å²) in [6.45, 7) is 6.20. The molecule has 0 saturated heterocycles. The van der Waals surface area contributed by atoms with Crippen LogP contribution in [0.2, 0.25) is 5.02 Å². The molecule has 0 unspecified atom stereocenters. The summed E-state index contributed by atoms with van der Waals surface area (Å²) >= 11 is 6.01. The summed E-state index contributed by atoms with van der Waals surface area (Å²) in [5, 5.41) is 4.88. The van der Waals surface area contributed by atoms with Gasteiger partial charge in [0.15, 0.2) is 6.61 Å². The highest BCUT2D eigenvalue weighted by Gasteiger charge is 2.02. The Hall–Kier alpha value is -1.87. The molecule has 2 aromatic rings. The molecule has 0 aliphatic rings. The molecule has 0 atom stereocenters. The standard InChI is InChI=1S/C16H17ClN2O/c1-11-9-14(7-8-16(11)17)13(3)19-20-10-15-6-4-5-12(2)18-15/h4-9H,10H2,1-3H3/b19-13-. The summed E-state index contributed by atoms with van der Waals surface area (Å²) in [7, 11) is 0. The van der Waals surface area contributed by atoms with Crippen LogP contribution in [0.25, 0.3) is 0 Å². The second-order valence-electron chi connectivity index (χ2n) is 4.68. The summed E-state index contributed by atoms with van der Waals surface area (Å²) < 4.78 is 0. The predicted octanol–water partition coefficient (Wildman–Crippen LogP) is 4.29. The van der Waals surface area contributed by atoms with Gasteiger partial charge in [0.1, 0.15) is 0 Å². The Kier molecular flexibility index (Phi) is 4.74. The molecule has 0 bridgehead atoms. The fourth-order valence-electron chi connectivity index (χ4n) is 1.80. The van der Waals surface area contributed by atoms with Crippen LogP contribution in [0.5, 0.6) is 0 Å². The lowest BCUT2D eigenvalue weighted by Crippen LogP contribution is -1.99. The van der Waals surface area contributed by atoms with Gasteiger partial charge in [-0.1, -0.05) is 28.9 Å². The third kappa shape index (κ3) is 3.81. The van der Waals surface area contributed by atoms with Crippen molar-refractivity contribution in [3.8, 4) is 0 Å². The Morgan fingerprint density at radius 3 is 2.75 bits per heavy atom. The summed E-state index contributed by atoms with van der Waals surface area (Å²) in [4.78, 5) is 9.71. The molecule has 2 rings (SSSR count). The van der Waals surface area contributed by atoms with Gasteiger partial charge in [0, 0.05) is 10.7 Å². The van der Waals surface area contributed by atoms with Crippen molar-refractivity contribution in [1.82, 2.24) is 4.98 Å². The van der Waals surface area contributed by atoms with Crippen molar-refractivity contribution < 1.29 is 4.84 Å². The molecule has 0 amide bonds. The van der Waals surface area contributed by atoms with E-state index in [0.717, 1.165) is 33.2 Å². The smallest absolute Gasteiger partial charge is 0.159 e. The fourth-order valence-corrected chi connectivity index (χ4v) is 1.92. The van der Waals surface area contributed by atoms with Gasteiger partial charge in [0.2, 0.25) is 0 Å². The van der Waals surface area contributed by atoms with Crippen LogP contribution in [0, 0.1) is 13.8 Å². The molecular formula is C16H17ClN2O. The van der Waals surface area contributed by atoms with Gasteiger partial charge in [-0.15, -0.1) is 0 Å². The van der Waals surface area contributed by atoms with Crippen LogP contribution in [0.3, 0.4) is 0 Å². The predicted molar refractivity (Wildman–Crippen MR) is 82.2 cm³/mol. The van der Waals surface area contributed by atoms with Crippen LogP contribution in [0.15, 0.2) is 41.6 Å². The highest BCUT2D eigenvalue weighted by molar-refractivity contribution is 6.31. The van der Waals surface area contributed by atoms with Crippen molar-refractivity contribution in [2.24, 2.45) is 5.16 Å². The van der Waals surface area contributed by atoms with Crippen LogP contribution in [0.4, 0.5) is 0 Å². The topological polar surface area (TPSA) is 34.5 Å². The average molecular weight is 289 g/mol. The van der Waals surface area contributed by atoms with Gasteiger partial charge in [0.05, 0.1) is 11.4 Å². The summed E-state index contributed by atoms with van der Waals surface area (Å²) in [6, 6.07) is 11.6. The highest BCUT2D eigenvalue weighted by atomic mass is 35.5. The maximum Gasteiger partial charge on any atom is 0.159 e. The van der Waals surface area contributed by atoms with Crippen LogP contribution in [0.1, 0.15) is 29.4 Å². The zero-order valence-corrected chi connectivity index (χ0v) is 12.6. The number of halogens is 1. The van der Waals surface area contributed by atoms with E-state index in [9.17, 15) is 0 Å². The summed E-state index contributed by atoms with van der Waals surface area (Å²) in [6.07, 6.45) is 0. The van der Waals surface area contributed by atoms with Crippen molar-refractivity contribution in [3.63, 3.8) is 0 Å². The van der Waals surface area contributed by atoms with Gasteiger partial charge >= 0.3 is 0 Å². The number of benzene rings is 1. The lowest BCUT2D eigenvalue weighted by Gasteiger charge is -2.05. The van der Waals surface area contributed by atoms with Gasteiger partial charge in [-0.05, 0) is 56.2 Å². The zero-order chi connectivity index (χ0) is 14.5. The van der Waals surface area contributed by atoms with Crippen LogP contribution >= 0.6 is 11.6 Å². The zero-order valence-electron chi connectivity index (χ0n) is 11.9. The molecule has 4 heteroatoms. The van der Waals surface area contributed by atoms with Crippen LogP contribution < -0.4 is 0 Å². The molecule has 3 nitrogen and oxygen atoms in total. The van der Waals surface area contributed by atoms with Crippen molar-refractivity contribution in [2.45, 2.75) is 27.4 Å². The second kappa shape index (κ2) is 6.53. The number of hydrogen-bond acceptors (Lipinski definition) is 3. The quantitative estimate of drug-likeness (QED) is 0.621. The largest absolute Gasteiger partial charge is 0.389 e. The molecule has 0 aliphatic heterocycles. The second-order valence-corrected chi connectivity index (χ2v) is 5.09. The minimum Gasteiger partial charge on any atom is -0.389 e. The molecule has 20 heavy (non-hydrogen) atoms. The summed E-state index contributed by atoms with van der Waals surface area (Å²) in [5.41, 5.74) is 4.69. The Morgan fingerprint density at radius 1 is 1.25 bits per heavy atom. The van der Waals surface area contributed by atoms with Gasteiger partial charge in [-0.3, -0.25) is 4.98 Å². The normalized spacial score (nSPS) is 11.5. The number of oxime groups is 1. The number of nitrogens with zero attached hydrogens (tertiary/aromatic N) is 2. The molecule has 0 fully saturated rings. The Balaban J connectivity index is 2.02. The Morgan fingerprint density at radius 2 is 2.05 bits per heavy atom. The first-order valence-corrected chi connectivity index (χ1v) is 6.79. The van der Waals surface area contributed by atoms with E-state index in [1.807, 2.05) is 57.2 Å². The maximum absolute atomic E-state index is 6.01. The minimum atomic E-state index is 0.367. The maximum atomic E-state index is 6.01. The molecule has 1 aromatic heterocycles. The molecular weight excluding hydrogens is 272 g/mol. The minimum absolute atomic E-state index is 0.367. The monoisotopic (exact) mass is 288 g/mol. The van der Waals surface area contributed by atoms with E-state index in [4.69, 9.17) is 16.4 Å².